The number of ether oxygens (including phenoxy) is 1. The van der Waals surface area contributed by atoms with Gasteiger partial charge in [-0.05, 0) is 55.2 Å². The number of aryl methyl sites for hydroxylation is 1. The number of benzene rings is 2. The molecule has 0 aliphatic carbocycles. The lowest BCUT2D eigenvalue weighted by Gasteiger charge is -2.15. The van der Waals surface area contributed by atoms with Crippen molar-refractivity contribution in [2.24, 2.45) is 0 Å². The maximum absolute atomic E-state index is 12.2. The van der Waals surface area contributed by atoms with Crippen molar-refractivity contribution in [1.82, 2.24) is 0 Å². The summed E-state index contributed by atoms with van der Waals surface area (Å²) in [6.07, 6.45) is -0.549. The molecule has 1 amide bonds. The van der Waals surface area contributed by atoms with Gasteiger partial charge in [0.1, 0.15) is 5.75 Å². The largest absolute Gasteiger partial charge is 0.481 e. The van der Waals surface area contributed by atoms with Gasteiger partial charge in [0.15, 0.2) is 6.10 Å². The maximum atomic E-state index is 12.2. The molecule has 0 saturated heterocycles. The Morgan fingerprint density at radius 1 is 1.05 bits per heavy atom. The molecule has 0 aliphatic heterocycles. The van der Waals surface area contributed by atoms with Crippen molar-refractivity contribution in [2.75, 3.05) is 5.32 Å². The highest BCUT2D eigenvalue weighted by molar-refractivity contribution is 5.94. The summed E-state index contributed by atoms with van der Waals surface area (Å²) >= 11 is 0. The maximum Gasteiger partial charge on any atom is 0.265 e. The van der Waals surface area contributed by atoms with Gasteiger partial charge in [0.25, 0.3) is 5.91 Å². The second-order valence-electron chi connectivity index (χ2n) is 5.84. The SMILES string of the molecule is Cc1cccc(OC(C)C(=O)Nc2ccc(C(C)C)cc2)c1. The molecule has 0 radical (unpaired) electrons. The molecule has 0 aromatic heterocycles. The van der Waals surface area contributed by atoms with Gasteiger partial charge in [0.05, 0.1) is 0 Å². The Kier molecular flexibility index (Phi) is 5.21. The molecule has 3 heteroatoms. The molecule has 0 aliphatic rings. The number of amides is 1. The highest BCUT2D eigenvalue weighted by Crippen LogP contribution is 2.18. The number of hydrogen-bond acceptors (Lipinski definition) is 2. The Morgan fingerprint density at radius 3 is 2.32 bits per heavy atom. The van der Waals surface area contributed by atoms with Gasteiger partial charge in [-0.3, -0.25) is 4.79 Å². The highest BCUT2D eigenvalue weighted by Gasteiger charge is 2.15. The first-order valence-electron chi connectivity index (χ1n) is 7.60. The number of carbonyl (C=O) groups is 1. The Bertz CT molecular complexity index is 632. The van der Waals surface area contributed by atoms with Crippen LogP contribution in [-0.2, 0) is 4.79 Å². The zero-order valence-corrected chi connectivity index (χ0v) is 13.6. The van der Waals surface area contributed by atoms with Gasteiger partial charge in [-0.25, -0.2) is 0 Å². The molecule has 1 N–H and O–H groups in total. The van der Waals surface area contributed by atoms with E-state index in [-0.39, 0.29) is 5.91 Å². The van der Waals surface area contributed by atoms with Crippen LogP contribution in [0.4, 0.5) is 5.69 Å². The van der Waals surface area contributed by atoms with E-state index in [1.807, 2.05) is 55.5 Å². The molecule has 0 bridgehead atoms. The van der Waals surface area contributed by atoms with E-state index in [4.69, 9.17) is 4.74 Å². The van der Waals surface area contributed by atoms with Crippen molar-refractivity contribution >= 4 is 11.6 Å². The van der Waals surface area contributed by atoms with Crippen LogP contribution in [0.2, 0.25) is 0 Å². The van der Waals surface area contributed by atoms with Gasteiger partial charge < -0.3 is 10.1 Å². The molecule has 0 saturated carbocycles. The van der Waals surface area contributed by atoms with Crippen molar-refractivity contribution < 1.29 is 9.53 Å². The molecule has 1 atom stereocenters. The molecule has 1 unspecified atom stereocenters. The third-order valence-electron chi connectivity index (χ3n) is 3.52. The van der Waals surface area contributed by atoms with Crippen LogP contribution in [0.15, 0.2) is 48.5 Å². The normalized spacial score (nSPS) is 12.0. The van der Waals surface area contributed by atoms with Gasteiger partial charge in [0, 0.05) is 5.69 Å². The molecule has 22 heavy (non-hydrogen) atoms. The van der Waals surface area contributed by atoms with Crippen LogP contribution < -0.4 is 10.1 Å². The van der Waals surface area contributed by atoms with Crippen LogP contribution in [0.5, 0.6) is 5.75 Å². The summed E-state index contributed by atoms with van der Waals surface area (Å²) in [4.78, 5) is 12.2. The Hall–Kier alpha value is -2.29. The summed E-state index contributed by atoms with van der Waals surface area (Å²) < 4.78 is 5.68. The highest BCUT2D eigenvalue weighted by atomic mass is 16.5. The van der Waals surface area contributed by atoms with E-state index in [1.165, 1.54) is 5.56 Å². The lowest BCUT2D eigenvalue weighted by atomic mass is 10.0. The van der Waals surface area contributed by atoms with E-state index >= 15 is 0 Å². The monoisotopic (exact) mass is 297 g/mol. The standard InChI is InChI=1S/C19H23NO2/c1-13(2)16-8-10-17(11-9-16)20-19(21)15(4)22-18-7-5-6-14(3)12-18/h5-13,15H,1-4H3,(H,20,21). The second kappa shape index (κ2) is 7.12. The zero-order chi connectivity index (χ0) is 16.1. The van der Waals surface area contributed by atoms with Gasteiger partial charge in [-0.15, -0.1) is 0 Å². The van der Waals surface area contributed by atoms with Gasteiger partial charge >= 0.3 is 0 Å². The lowest BCUT2D eigenvalue weighted by Crippen LogP contribution is -2.30. The zero-order valence-electron chi connectivity index (χ0n) is 13.6. The van der Waals surface area contributed by atoms with Crippen molar-refractivity contribution in [1.29, 1.82) is 0 Å². The second-order valence-corrected chi connectivity index (χ2v) is 5.84. The van der Waals surface area contributed by atoms with E-state index in [0.29, 0.717) is 11.7 Å². The molecule has 3 nitrogen and oxygen atoms in total. The average Bonchev–Trinajstić information content (AvgIpc) is 2.47. The van der Waals surface area contributed by atoms with Crippen molar-refractivity contribution in [3.05, 3.63) is 59.7 Å². The molecular formula is C19H23NO2. The van der Waals surface area contributed by atoms with Gasteiger partial charge in [0.2, 0.25) is 0 Å². The predicted octanol–water partition coefficient (Wildman–Crippen LogP) is 4.52. The Balaban J connectivity index is 1.96. The summed E-state index contributed by atoms with van der Waals surface area (Å²) in [6, 6.07) is 15.6. The van der Waals surface area contributed by atoms with Crippen LogP contribution in [-0.4, -0.2) is 12.0 Å². The first-order chi connectivity index (χ1) is 10.5. The van der Waals surface area contributed by atoms with Crippen molar-refractivity contribution in [2.45, 2.75) is 39.7 Å². The Labute approximate surface area is 132 Å². The van der Waals surface area contributed by atoms with E-state index in [9.17, 15) is 4.79 Å². The van der Waals surface area contributed by atoms with Gasteiger partial charge in [-0.2, -0.15) is 0 Å². The fourth-order valence-electron chi connectivity index (χ4n) is 2.14. The van der Waals surface area contributed by atoms with E-state index < -0.39 is 6.10 Å². The number of anilines is 1. The molecule has 0 heterocycles. The first-order valence-corrected chi connectivity index (χ1v) is 7.60. The van der Waals surface area contributed by atoms with Crippen LogP contribution in [0.1, 0.15) is 37.8 Å². The minimum absolute atomic E-state index is 0.154. The van der Waals surface area contributed by atoms with E-state index in [2.05, 4.69) is 19.2 Å². The predicted molar refractivity (Wildman–Crippen MR) is 90.4 cm³/mol. The number of rotatable bonds is 5. The van der Waals surface area contributed by atoms with E-state index in [1.54, 1.807) is 6.92 Å². The quantitative estimate of drug-likeness (QED) is 0.881. The number of carbonyl (C=O) groups excluding carboxylic acids is 1. The average molecular weight is 297 g/mol. The molecular weight excluding hydrogens is 274 g/mol. The molecule has 2 aromatic carbocycles. The van der Waals surface area contributed by atoms with Gasteiger partial charge in [-0.1, -0.05) is 38.1 Å². The lowest BCUT2D eigenvalue weighted by molar-refractivity contribution is -0.122. The summed E-state index contributed by atoms with van der Waals surface area (Å²) in [5.74, 6) is 1.03. The smallest absolute Gasteiger partial charge is 0.265 e. The van der Waals surface area contributed by atoms with Crippen LogP contribution >= 0.6 is 0 Å². The van der Waals surface area contributed by atoms with Crippen LogP contribution in [0.3, 0.4) is 0 Å². The Morgan fingerprint density at radius 2 is 1.73 bits per heavy atom. The molecule has 0 spiro atoms. The first kappa shape index (κ1) is 16.1. The number of hydrogen-bond donors (Lipinski definition) is 1. The summed E-state index contributed by atoms with van der Waals surface area (Å²) in [5.41, 5.74) is 3.14. The van der Waals surface area contributed by atoms with Crippen LogP contribution in [0.25, 0.3) is 0 Å². The summed E-state index contributed by atoms with van der Waals surface area (Å²) in [6.45, 7) is 8.03. The number of nitrogens with one attached hydrogen (secondary N) is 1. The fourth-order valence-corrected chi connectivity index (χ4v) is 2.14. The molecule has 2 aromatic rings. The van der Waals surface area contributed by atoms with E-state index in [0.717, 1.165) is 11.3 Å². The topological polar surface area (TPSA) is 38.3 Å². The third-order valence-corrected chi connectivity index (χ3v) is 3.52. The van der Waals surface area contributed by atoms with Crippen molar-refractivity contribution in [3.63, 3.8) is 0 Å². The summed E-state index contributed by atoms with van der Waals surface area (Å²) in [5, 5.41) is 2.88. The van der Waals surface area contributed by atoms with Crippen molar-refractivity contribution in [3.8, 4) is 5.75 Å². The minimum atomic E-state index is -0.549. The molecule has 2 rings (SSSR count). The van der Waals surface area contributed by atoms with Crippen LogP contribution in [0, 0.1) is 6.92 Å². The molecule has 116 valence electrons. The molecule has 0 fully saturated rings. The minimum Gasteiger partial charge on any atom is -0.481 e. The third kappa shape index (κ3) is 4.35. The fraction of sp³-hybridized carbons (Fsp3) is 0.316. The summed E-state index contributed by atoms with van der Waals surface area (Å²) in [7, 11) is 0.